The number of amides is 1. The number of benzene rings is 2. The molecule has 0 aromatic heterocycles. The molecule has 0 bridgehead atoms. The molecule has 1 atom stereocenters. The summed E-state index contributed by atoms with van der Waals surface area (Å²) in [5.41, 5.74) is 0.902. The molecule has 5 nitrogen and oxygen atoms in total. The number of halogens is 3. The molecule has 0 radical (unpaired) electrons. The Labute approximate surface area is 180 Å². The molecule has 2 aromatic carbocycles. The van der Waals surface area contributed by atoms with Crippen LogP contribution in [0.3, 0.4) is 0 Å². The highest BCUT2D eigenvalue weighted by Gasteiger charge is 2.32. The van der Waals surface area contributed by atoms with Gasteiger partial charge in [-0.15, -0.1) is 0 Å². The molecule has 3 rings (SSSR count). The van der Waals surface area contributed by atoms with E-state index in [-0.39, 0.29) is 49.3 Å². The monoisotopic (exact) mass is 454 g/mol. The zero-order valence-corrected chi connectivity index (χ0v) is 18.2. The summed E-state index contributed by atoms with van der Waals surface area (Å²) in [6.45, 7) is 4.64. The standard InChI is InChI=1S/C22H25F3N2O3S/c1-16-3-9-20(10-4-16)31(29,30)27-13-11-26(12-14-27)21(28)15-17(2)18-5-7-19(8-6-18)22(23,24)25/h3-10,17H,11-15H2,1-2H3. The zero-order chi connectivity index (χ0) is 22.8. The lowest BCUT2D eigenvalue weighted by Gasteiger charge is -2.34. The summed E-state index contributed by atoms with van der Waals surface area (Å²) in [5, 5.41) is 0. The van der Waals surface area contributed by atoms with E-state index in [4.69, 9.17) is 0 Å². The highest BCUT2D eigenvalue weighted by Crippen LogP contribution is 2.31. The smallest absolute Gasteiger partial charge is 0.340 e. The van der Waals surface area contributed by atoms with Crippen molar-refractivity contribution in [2.24, 2.45) is 0 Å². The molecule has 0 saturated carbocycles. The molecular formula is C22H25F3N2O3S. The van der Waals surface area contributed by atoms with Crippen LogP contribution in [0.1, 0.15) is 36.0 Å². The number of hydrogen-bond acceptors (Lipinski definition) is 3. The maximum atomic E-state index is 12.8. The third-order valence-electron chi connectivity index (χ3n) is 5.54. The molecule has 1 amide bonds. The first-order chi connectivity index (χ1) is 14.5. The SMILES string of the molecule is Cc1ccc(S(=O)(=O)N2CCN(C(=O)CC(C)c3ccc(C(F)(F)F)cc3)CC2)cc1. The quantitative estimate of drug-likeness (QED) is 0.685. The first kappa shape index (κ1) is 23.3. The van der Waals surface area contributed by atoms with Gasteiger partial charge < -0.3 is 4.90 Å². The normalized spacial score (nSPS) is 16.9. The van der Waals surface area contributed by atoms with Gasteiger partial charge in [-0.3, -0.25) is 4.79 Å². The molecule has 31 heavy (non-hydrogen) atoms. The van der Waals surface area contributed by atoms with Crippen LogP contribution in [0.5, 0.6) is 0 Å². The second-order valence-corrected chi connectivity index (χ2v) is 9.76. The van der Waals surface area contributed by atoms with E-state index in [0.29, 0.717) is 5.56 Å². The Morgan fingerprint density at radius 1 is 0.968 bits per heavy atom. The minimum atomic E-state index is -4.39. The van der Waals surface area contributed by atoms with Crippen LogP contribution >= 0.6 is 0 Å². The van der Waals surface area contributed by atoms with Gasteiger partial charge in [0.25, 0.3) is 0 Å². The highest BCUT2D eigenvalue weighted by atomic mass is 32.2. The van der Waals surface area contributed by atoms with Crippen LogP contribution < -0.4 is 0 Å². The van der Waals surface area contributed by atoms with Crippen molar-refractivity contribution in [2.45, 2.75) is 37.3 Å². The molecule has 1 unspecified atom stereocenters. The number of carbonyl (C=O) groups is 1. The van der Waals surface area contributed by atoms with Gasteiger partial charge in [0, 0.05) is 32.6 Å². The molecule has 0 spiro atoms. The number of hydrogen-bond donors (Lipinski definition) is 0. The van der Waals surface area contributed by atoms with Crippen molar-refractivity contribution < 1.29 is 26.4 Å². The fourth-order valence-corrected chi connectivity index (χ4v) is 4.97. The number of carbonyl (C=O) groups excluding carboxylic acids is 1. The molecule has 168 valence electrons. The van der Waals surface area contributed by atoms with Crippen LogP contribution in [0.4, 0.5) is 13.2 Å². The van der Waals surface area contributed by atoms with Crippen LogP contribution in [-0.2, 0) is 21.0 Å². The van der Waals surface area contributed by atoms with E-state index in [1.54, 1.807) is 36.1 Å². The van der Waals surface area contributed by atoms with E-state index in [1.807, 2.05) is 6.92 Å². The average Bonchev–Trinajstić information content (AvgIpc) is 2.73. The maximum Gasteiger partial charge on any atom is 0.416 e. The molecule has 9 heteroatoms. The van der Waals surface area contributed by atoms with Gasteiger partial charge >= 0.3 is 6.18 Å². The number of sulfonamides is 1. The average molecular weight is 455 g/mol. The van der Waals surface area contributed by atoms with Crippen LogP contribution in [-0.4, -0.2) is 49.7 Å². The molecule has 0 N–H and O–H groups in total. The van der Waals surface area contributed by atoms with Crippen molar-refractivity contribution in [3.8, 4) is 0 Å². The minimum Gasteiger partial charge on any atom is -0.340 e. The minimum absolute atomic E-state index is 0.139. The summed E-state index contributed by atoms with van der Waals surface area (Å²) in [6.07, 6.45) is -4.24. The molecule has 1 fully saturated rings. The molecule has 0 aliphatic carbocycles. The van der Waals surface area contributed by atoms with Crippen molar-refractivity contribution in [1.29, 1.82) is 0 Å². The first-order valence-corrected chi connectivity index (χ1v) is 11.4. The lowest BCUT2D eigenvalue weighted by molar-refractivity contribution is -0.137. The molecule has 1 aliphatic rings. The number of aryl methyl sites for hydroxylation is 1. The lowest BCUT2D eigenvalue weighted by atomic mass is 9.96. The molecule has 1 heterocycles. The van der Waals surface area contributed by atoms with Crippen molar-refractivity contribution in [1.82, 2.24) is 9.21 Å². The van der Waals surface area contributed by atoms with E-state index in [0.717, 1.165) is 17.7 Å². The fraction of sp³-hybridized carbons (Fsp3) is 0.409. The topological polar surface area (TPSA) is 57.7 Å². The lowest BCUT2D eigenvalue weighted by Crippen LogP contribution is -2.50. The molecular weight excluding hydrogens is 429 g/mol. The van der Waals surface area contributed by atoms with E-state index in [1.165, 1.54) is 16.4 Å². The first-order valence-electron chi connectivity index (χ1n) is 10.0. The summed E-state index contributed by atoms with van der Waals surface area (Å²) in [6, 6.07) is 11.5. The summed E-state index contributed by atoms with van der Waals surface area (Å²) in [4.78, 5) is 14.5. The third-order valence-corrected chi connectivity index (χ3v) is 7.45. The Bertz CT molecular complexity index is 1010. The van der Waals surface area contributed by atoms with Crippen LogP contribution in [0.15, 0.2) is 53.4 Å². The second-order valence-electron chi connectivity index (χ2n) is 7.82. The van der Waals surface area contributed by atoms with Gasteiger partial charge in [0.15, 0.2) is 0 Å². The van der Waals surface area contributed by atoms with Crippen molar-refractivity contribution in [2.75, 3.05) is 26.2 Å². The summed E-state index contributed by atoms with van der Waals surface area (Å²) in [7, 11) is -3.61. The van der Waals surface area contributed by atoms with E-state index in [9.17, 15) is 26.4 Å². The van der Waals surface area contributed by atoms with Gasteiger partial charge in [0.2, 0.25) is 15.9 Å². The van der Waals surface area contributed by atoms with Gasteiger partial charge in [0.05, 0.1) is 10.5 Å². The Morgan fingerprint density at radius 3 is 2.03 bits per heavy atom. The van der Waals surface area contributed by atoms with E-state index >= 15 is 0 Å². The number of piperazine rings is 1. The molecule has 2 aromatic rings. The zero-order valence-electron chi connectivity index (χ0n) is 17.4. The molecule has 1 aliphatic heterocycles. The Morgan fingerprint density at radius 2 is 1.52 bits per heavy atom. The Balaban J connectivity index is 1.57. The van der Waals surface area contributed by atoms with Gasteiger partial charge in [-0.05, 0) is 42.7 Å². The second kappa shape index (κ2) is 9.00. The highest BCUT2D eigenvalue weighted by molar-refractivity contribution is 7.89. The van der Waals surface area contributed by atoms with Gasteiger partial charge in [-0.25, -0.2) is 8.42 Å². The largest absolute Gasteiger partial charge is 0.416 e. The van der Waals surface area contributed by atoms with Crippen molar-refractivity contribution in [3.05, 3.63) is 65.2 Å². The van der Waals surface area contributed by atoms with Crippen LogP contribution in [0, 0.1) is 6.92 Å². The third kappa shape index (κ3) is 5.46. The Hall–Kier alpha value is -2.39. The number of alkyl halides is 3. The van der Waals surface area contributed by atoms with Gasteiger partial charge in [0.1, 0.15) is 0 Å². The maximum absolute atomic E-state index is 12.8. The van der Waals surface area contributed by atoms with E-state index < -0.39 is 21.8 Å². The predicted octanol–water partition coefficient (Wildman–Crippen LogP) is 4.04. The Kier molecular flexibility index (Phi) is 6.76. The molecule has 1 saturated heterocycles. The summed E-state index contributed by atoms with van der Waals surface area (Å²) >= 11 is 0. The van der Waals surface area contributed by atoms with E-state index in [2.05, 4.69) is 0 Å². The number of rotatable bonds is 5. The predicted molar refractivity (Wildman–Crippen MR) is 111 cm³/mol. The van der Waals surface area contributed by atoms with Gasteiger partial charge in [-0.2, -0.15) is 17.5 Å². The van der Waals surface area contributed by atoms with Crippen LogP contribution in [0.25, 0.3) is 0 Å². The van der Waals surface area contributed by atoms with Crippen LogP contribution in [0.2, 0.25) is 0 Å². The fourth-order valence-electron chi connectivity index (χ4n) is 3.55. The van der Waals surface area contributed by atoms with Crippen molar-refractivity contribution >= 4 is 15.9 Å². The summed E-state index contributed by atoms with van der Waals surface area (Å²) < 4.78 is 65.1. The summed E-state index contributed by atoms with van der Waals surface area (Å²) in [5.74, 6) is -0.385. The number of nitrogens with zero attached hydrogens (tertiary/aromatic N) is 2. The van der Waals surface area contributed by atoms with Crippen molar-refractivity contribution in [3.63, 3.8) is 0 Å². The van der Waals surface area contributed by atoms with Gasteiger partial charge in [-0.1, -0.05) is 36.8 Å².